The zero-order valence-corrected chi connectivity index (χ0v) is 20.5. The second kappa shape index (κ2) is 11.0. The van der Waals surface area contributed by atoms with E-state index in [0.29, 0.717) is 11.3 Å². The molecule has 0 unspecified atom stereocenters. The normalized spacial score (nSPS) is 15.0. The van der Waals surface area contributed by atoms with Gasteiger partial charge in [-0.15, -0.1) is 0 Å². The maximum Gasteiger partial charge on any atom is 0.248 e. The highest BCUT2D eigenvalue weighted by Crippen LogP contribution is 2.31. The van der Waals surface area contributed by atoms with E-state index in [4.69, 9.17) is 0 Å². The smallest absolute Gasteiger partial charge is 0.248 e. The molecule has 0 aliphatic heterocycles. The molecular weight excluding hydrogens is 447 g/mol. The lowest BCUT2D eigenvalue weighted by Crippen LogP contribution is -2.47. The number of hydrogen-bond donors (Lipinski definition) is 1. The Labute approximate surface area is 204 Å². The van der Waals surface area contributed by atoms with E-state index in [2.05, 4.69) is 5.32 Å². The zero-order chi connectivity index (χ0) is 24.1. The summed E-state index contributed by atoms with van der Waals surface area (Å²) in [6, 6.07) is 12.8. The second-order valence-electron chi connectivity index (χ2n) is 9.14. The summed E-state index contributed by atoms with van der Waals surface area (Å²) in [5.41, 5.74) is 4.31. The summed E-state index contributed by atoms with van der Waals surface area (Å²) in [5, 5.41) is 7.09. The molecule has 6 heteroatoms. The minimum absolute atomic E-state index is 0.0952. The third-order valence-electron chi connectivity index (χ3n) is 6.62. The van der Waals surface area contributed by atoms with Crippen molar-refractivity contribution in [3.63, 3.8) is 0 Å². The fourth-order valence-electron chi connectivity index (χ4n) is 4.56. The Morgan fingerprint density at radius 1 is 1.03 bits per heavy atom. The van der Waals surface area contributed by atoms with Gasteiger partial charge in [0.05, 0.1) is 6.42 Å². The van der Waals surface area contributed by atoms with Crippen molar-refractivity contribution in [1.82, 2.24) is 5.32 Å². The monoisotopic (exact) mass is 478 g/mol. The molecule has 1 aliphatic carbocycles. The van der Waals surface area contributed by atoms with Crippen molar-refractivity contribution in [2.75, 3.05) is 4.90 Å². The lowest BCUT2D eigenvalue weighted by atomic mass is 9.94. The maximum absolute atomic E-state index is 13.8. The third kappa shape index (κ3) is 5.73. The van der Waals surface area contributed by atoms with Gasteiger partial charge in [-0.1, -0.05) is 37.5 Å². The van der Waals surface area contributed by atoms with Crippen LogP contribution >= 0.6 is 11.3 Å². The molecule has 2 amide bonds. The first-order valence-electron chi connectivity index (χ1n) is 11.9. The first-order valence-corrected chi connectivity index (χ1v) is 12.8. The van der Waals surface area contributed by atoms with E-state index >= 15 is 0 Å². The Balaban J connectivity index is 1.76. The average Bonchev–Trinajstić information content (AvgIpc) is 3.33. The predicted octanol–water partition coefficient (Wildman–Crippen LogP) is 6.27. The van der Waals surface area contributed by atoms with Crippen LogP contribution in [0.1, 0.15) is 60.4 Å². The van der Waals surface area contributed by atoms with E-state index in [1.807, 2.05) is 48.9 Å². The molecule has 1 saturated carbocycles. The van der Waals surface area contributed by atoms with E-state index in [1.165, 1.54) is 29.9 Å². The first kappa shape index (κ1) is 24.1. The number of aryl methyl sites for hydroxylation is 2. The van der Waals surface area contributed by atoms with Gasteiger partial charge in [-0.05, 0) is 90.0 Å². The SMILES string of the molecule is Cc1ccc(N(C(=O)Cc2ccsc2)[C@H](C(=O)NC2CCCCC2)c2ccc(F)cc2)cc1C. The van der Waals surface area contributed by atoms with E-state index < -0.39 is 6.04 Å². The number of halogens is 1. The Bertz CT molecular complexity index is 1120. The molecule has 1 aromatic heterocycles. The summed E-state index contributed by atoms with van der Waals surface area (Å²) in [5.74, 6) is -0.775. The van der Waals surface area contributed by atoms with Crippen LogP contribution in [-0.4, -0.2) is 17.9 Å². The number of hydrogen-bond acceptors (Lipinski definition) is 3. The number of benzene rings is 2. The van der Waals surface area contributed by atoms with Crippen LogP contribution in [0.15, 0.2) is 59.3 Å². The molecule has 0 radical (unpaired) electrons. The molecule has 0 spiro atoms. The molecular formula is C28H31FN2O2S. The number of amides is 2. The predicted molar refractivity (Wildman–Crippen MR) is 136 cm³/mol. The molecule has 0 bridgehead atoms. The maximum atomic E-state index is 13.8. The average molecular weight is 479 g/mol. The Morgan fingerprint density at radius 3 is 2.41 bits per heavy atom. The van der Waals surface area contributed by atoms with Crippen molar-refractivity contribution in [2.24, 2.45) is 0 Å². The van der Waals surface area contributed by atoms with Crippen LogP contribution < -0.4 is 10.2 Å². The summed E-state index contributed by atoms with van der Waals surface area (Å²) in [6.07, 6.45) is 5.42. The van der Waals surface area contributed by atoms with Gasteiger partial charge in [0.15, 0.2) is 0 Å². The fourth-order valence-corrected chi connectivity index (χ4v) is 5.22. The molecule has 1 N–H and O–H groups in total. The van der Waals surface area contributed by atoms with Gasteiger partial charge in [0, 0.05) is 11.7 Å². The standard InChI is InChI=1S/C28H31FN2O2S/c1-19-8-13-25(16-20(19)2)31(26(32)17-21-14-15-34-18-21)27(22-9-11-23(29)12-10-22)28(33)30-24-6-4-3-5-7-24/h8-16,18,24,27H,3-7,17H2,1-2H3,(H,30,33)/t27-/m0/s1. The second-order valence-corrected chi connectivity index (χ2v) is 9.92. The van der Waals surface area contributed by atoms with Gasteiger partial charge in [0.1, 0.15) is 11.9 Å². The van der Waals surface area contributed by atoms with Crippen LogP contribution in [0.5, 0.6) is 0 Å². The molecule has 34 heavy (non-hydrogen) atoms. The van der Waals surface area contributed by atoms with Gasteiger partial charge in [0.25, 0.3) is 0 Å². The van der Waals surface area contributed by atoms with E-state index in [1.54, 1.807) is 17.0 Å². The van der Waals surface area contributed by atoms with Gasteiger partial charge >= 0.3 is 0 Å². The summed E-state index contributed by atoms with van der Waals surface area (Å²) in [6.45, 7) is 4.01. The number of thiophene rings is 1. The Kier molecular flexibility index (Phi) is 7.78. The molecule has 178 valence electrons. The lowest BCUT2D eigenvalue weighted by Gasteiger charge is -2.34. The van der Waals surface area contributed by atoms with Gasteiger partial charge < -0.3 is 5.32 Å². The van der Waals surface area contributed by atoms with Crippen molar-refractivity contribution in [1.29, 1.82) is 0 Å². The number of carbonyl (C=O) groups excluding carboxylic acids is 2. The van der Waals surface area contributed by atoms with E-state index in [0.717, 1.165) is 42.4 Å². The number of rotatable bonds is 7. The molecule has 1 atom stereocenters. The van der Waals surface area contributed by atoms with Gasteiger partial charge in [-0.2, -0.15) is 11.3 Å². The van der Waals surface area contributed by atoms with Gasteiger partial charge in [0.2, 0.25) is 11.8 Å². The van der Waals surface area contributed by atoms with Crippen molar-refractivity contribution < 1.29 is 14.0 Å². The zero-order valence-electron chi connectivity index (χ0n) is 19.7. The van der Waals surface area contributed by atoms with E-state index in [-0.39, 0.29) is 30.1 Å². The highest BCUT2D eigenvalue weighted by atomic mass is 32.1. The van der Waals surface area contributed by atoms with Crippen LogP contribution in [0.4, 0.5) is 10.1 Å². The molecule has 1 heterocycles. The summed E-state index contributed by atoms with van der Waals surface area (Å²) in [7, 11) is 0. The topological polar surface area (TPSA) is 49.4 Å². The van der Waals surface area contributed by atoms with Crippen LogP contribution in [0.2, 0.25) is 0 Å². The molecule has 2 aromatic carbocycles. The number of anilines is 1. The molecule has 4 rings (SSSR count). The van der Waals surface area contributed by atoms with Crippen molar-refractivity contribution in [3.05, 3.63) is 87.4 Å². The van der Waals surface area contributed by atoms with Crippen LogP contribution in [0.3, 0.4) is 0 Å². The minimum Gasteiger partial charge on any atom is -0.351 e. The van der Waals surface area contributed by atoms with Crippen molar-refractivity contribution in [2.45, 2.75) is 64.5 Å². The fraction of sp³-hybridized carbons (Fsp3) is 0.357. The Morgan fingerprint density at radius 2 is 1.76 bits per heavy atom. The lowest BCUT2D eigenvalue weighted by molar-refractivity contribution is -0.127. The molecule has 4 nitrogen and oxygen atoms in total. The van der Waals surface area contributed by atoms with E-state index in [9.17, 15) is 14.0 Å². The quantitative estimate of drug-likeness (QED) is 0.435. The number of nitrogens with zero attached hydrogens (tertiary/aromatic N) is 1. The molecule has 0 saturated heterocycles. The largest absolute Gasteiger partial charge is 0.351 e. The third-order valence-corrected chi connectivity index (χ3v) is 7.35. The Hall–Kier alpha value is -2.99. The van der Waals surface area contributed by atoms with Crippen molar-refractivity contribution in [3.8, 4) is 0 Å². The first-order chi connectivity index (χ1) is 16.4. The molecule has 1 aliphatic rings. The summed E-state index contributed by atoms with van der Waals surface area (Å²) in [4.78, 5) is 29.1. The van der Waals surface area contributed by atoms with Gasteiger partial charge in [-0.3, -0.25) is 14.5 Å². The highest BCUT2D eigenvalue weighted by molar-refractivity contribution is 7.08. The molecule has 3 aromatic rings. The minimum atomic E-state index is -0.893. The van der Waals surface area contributed by atoms with Gasteiger partial charge in [-0.25, -0.2) is 4.39 Å². The highest BCUT2D eigenvalue weighted by Gasteiger charge is 2.34. The van der Waals surface area contributed by atoms with Crippen LogP contribution in [-0.2, 0) is 16.0 Å². The van der Waals surface area contributed by atoms with Crippen LogP contribution in [0, 0.1) is 19.7 Å². The molecule has 1 fully saturated rings. The number of nitrogens with one attached hydrogen (secondary N) is 1. The summed E-state index contributed by atoms with van der Waals surface area (Å²) < 4.78 is 13.8. The number of carbonyl (C=O) groups is 2. The van der Waals surface area contributed by atoms with Crippen molar-refractivity contribution >= 4 is 28.8 Å². The summed E-state index contributed by atoms with van der Waals surface area (Å²) >= 11 is 1.54. The van der Waals surface area contributed by atoms with Crippen LogP contribution in [0.25, 0.3) is 0 Å².